The second-order valence-electron chi connectivity index (χ2n) is 5.00. The van der Waals surface area contributed by atoms with Gasteiger partial charge in [-0.3, -0.25) is 9.89 Å². The zero-order chi connectivity index (χ0) is 14.1. The topological polar surface area (TPSA) is 61.9 Å². The van der Waals surface area contributed by atoms with Crippen molar-refractivity contribution < 1.29 is 4.79 Å². The summed E-state index contributed by atoms with van der Waals surface area (Å²) in [6.45, 7) is 6.34. The number of hydrogen-bond donors (Lipinski definition) is 1. The van der Waals surface area contributed by atoms with Crippen molar-refractivity contribution in [1.82, 2.24) is 15.2 Å². The van der Waals surface area contributed by atoms with E-state index in [2.05, 4.69) is 21.8 Å². The Balaban J connectivity index is 1.83. The molecule has 1 N–H and O–H groups in total. The van der Waals surface area contributed by atoms with Gasteiger partial charge in [0, 0.05) is 30.1 Å². The fourth-order valence-electron chi connectivity index (χ4n) is 2.40. The molecule has 20 heavy (non-hydrogen) atoms. The number of aromatic amines is 1. The molecule has 1 aliphatic rings. The van der Waals surface area contributed by atoms with Crippen LogP contribution in [0.1, 0.15) is 12.2 Å². The Morgan fingerprint density at radius 1 is 1.40 bits per heavy atom. The normalized spacial score (nSPS) is 18.6. The minimum Gasteiger partial charge on any atom is -0.312 e. The highest BCUT2D eigenvalue weighted by Gasteiger charge is 2.28. The molecule has 0 spiro atoms. The van der Waals surface area contributed by atoms with Gasteiger partial charge in [-0.15, -0.1) is 6.58 Å². The average Bonchev–Trinajstić information content (AvgIpc) is 3.05. The molecular formula is C15H16N4O. The predicted octanol–water partition coefficient (Wildman–Crippen LogP) is 2.32. The van der Waals surface area contributed by atoms with Crippen LogP contribution in [0.25, 0.3) is 11.4 Å². The molecule has 0 saturated carbocycles. The van der Waals surface area contributed by atoms with Gasteiger partial charge in [0.2, 0.25) is 5.91 Å². The van der Waals surface area contributed by atoms with Gasteiger partial charge in [0.1, 0.15) is 5.82 Å². The lowest BCUT2D eigenvalue weighted by molar-refractivity contribution is -0.117. The summed E-state index contributed by atoms with van der Waals surface area (Å²) in [5.74, 6) is 1.85. The predicted molar refractivity (Wildman–Crippen MR) is 77.2 cm³/mol. The molecule has 1 aliphatic heterocycles. The smallest absolute Gasteiger partial charge is 0.227 e. The minimum absolute atomic E-state index is 0.149. The van der Waals surface area contributed by atoms with Crippen LogP contribution in [0, 0.1) is 12.8 Å². The number of rotatable bonds is 3. The van der Waals surface area contributed by atoms with Gasteiger partial charge in [-0.05, 0) is 31.2 Å². The van der Waals surface area contributed by atoms with Crippen LogP contribution in [-0.4, -0.2) is 27.6 Å². The molecule has 0 aliphatic carbocycles. The Bertz CT molecular complexity index is 644. The number of carbonyl (C=O) groups excluding carboxylic acids is 1. The molecule has 0 radical (unpaired) electrons. The third kappa shape index (κ3) is 2.22. The maximum absolute atomic E-state index is 12.0. The fraction of sp³-hybridized carbons (Fsp3) is 0.267. The van der Waals surface area contributed by atoms with Crippen molar-refractivity contribution in [3.8, 4) is 11.4 Å². The second-order valence-corrected chi connectivity index (χ2v) is 5.00. The molecule has 5 heteroatoms. The van der Waals surface area contributed by atoms with Crippen LogP contribution in [0.4, 0.5) is 5.69 Å². The maximum atomic E-state index is 12.0. The van der Waals surface area contributed by atoms with Gasteiger partial charge >= 0.3 is 0 Å². The van der Waals surface area contributed by atoms with Crippen LogP contribution in [0.5, 0.6) is 0 Å². The highest BCUT2D eigenvalue weighted by molar-refractivity contribution is 5.96. The summed E-state index contributed by atoms with van der Waals surface area (Å²) in [4.78, 5) is 18.0. The van der Waals surface area contributed by atoms with Crippen molar-refractivity contribution in [3.63, 3.8) is 0 Å². The van der Waals surface area contributed by atoms with Crippen molar-refractivity contribution in [1.29, 1.82) is 0 Å². The minimum atomic E-state index is 0.149. The van der Waals surface area contributed by atoms with Crippen LogP contribution in [0.15, 0.2) is 36.9 Å². The molecule has 2 aromatic rings. The van der Waals surface area contributed by atoms with E-state index in [0.717, 1.165) is 17.1 Å². The zero-order valence-electron chi connectivity index (χ0n) is 11.3. The van der Waals surface area contributed by atoms with E-state index < -0.39 is 0 Å². The summed E-state index contributed by atoms with van der Waals surface area (Å²) in [6, 6.07) is 7.74. The molecule has 0 bridgehead atoms. The van der Waals surface area contributed by atoms with Gasteiger partial charge in [0.15, 0.2) is 5.82 Å². The Labute approximate surface area is 117 Å². The molecule has 1 atom stereocenters. The van der Waals surface area contributed by atoms with Gasteiger partial charge in [-0.1, -0.05) is 6.08 Å². The van der Waals surface area contributed by atoms with Crippen molar-refractivity contribution in [2.75, 3.05) is 11.4 Å². The first kappa shape index (κ1) is 12.6. The number of carbonyl (C=O) groups is 1. The Morgan fingerprint density at radius 2 is 2.15 bits per heavy atom. The van der Waals surface area contributed by atoms with Gasteiger partial charge in [0.25, 0.3) is 0 Å². The van der Waals surface area contributed by atoms with E-state index in [1.165, 1.54) is 0 Å². The maximum Gasteiger partial charge on any atom is 0.227 e. The molecule has 1 fully saturated rings. The quantitative estimate of drug-likeness (QED) is 0.869. The fourth-order valence-corrected chi connectivity index (χ4v) is 2.40. The van der Waals surface area contributed by atoms with Crippen molar-refractivity contribution in [2.45, 2.75) is 13.3 Å². The molecule has 1 unspecified atom stereocenters. The van der Waals surface area contributed by atoms with Crippen LogP contribution in [0.2, 0.25) is 0 Å². The molecule has 1 aromatic heterocycles. The van der Waals surface area contributed by atoms with E-state index in [9.17, 15) is 4.79 Å². The highest BCUT2D eigenvalue weighted by atomic mass is 16.2. The molecule has 5 nitrogen and oxygen atoms in total. The number of aromatic nitrogens is 3. The van der Waals surface area contributed by atoms with E-state index in [1.807, 2.05) is 37.3 Å². The number of nitrogens with zero attached hydrogens (tertiary/aromatic N) is 3. The summed E-state index contributed by atoms with van der Waals surface area (Å²) in [6.07, 6.45) is 2.40. The zero-order valence-corrected chi connectivity index (χ0v) is 11.3. The monoisotopic (exact) mass is 268 g/mol. The Hall–Kier alpha value is -2.43. The van der Waals surface area contributed by atoms with E-state index in [0.29, 0.717) is 18.8 Å². The third-order valence-electron chi connectivity index (χ3n) is 3.52. The lowest BCUT2D eigenvalue weighted by atomic mass is 10.1. The first-order valence-electron chi connectivity index (χ1n) is 6.59. The SMILES string of the molecule is C=CC1CC(=O)N(c2ccc(-c3n[nH]c(C)n3)cc2)C1. The van der Waals surface area contributed by atoms with E-state index in [4.69, 9.17) is 0 Å². The number of anilines is 1. The third-order valence-corrected chi connectivity index (χ3v) is 3.52. The van der Waals surface area contributed by atoms with Crippen LogP contribution in [0.3, 0.4) is 0 Å². The summed E-state index contributed by atoms with van der Waals surface area (Å²) in [5, 5.41) is 6.94. The van der Waals surface area contributed by atoms with Gasteiger partial charge in [-0.25, -0.2) is 4.98 Å². The average molecular weight is 268 g/mol. The molecular weight excluding hydrogens is 252 g/mol. The van der Waals surface area contributed by atoms with Crippen LogP contribution < -0.4 is 4.90 Å². The standard InChI is InChI=1S/C15H16N4O/c1-3-11-8-14(20)19(9-11)13-6-4-12(5-7-13)15-16-10(2)17-18-15/h3-7,11H,1,8-9H2,2H3,(H,16,17,18). The summed E-state index contributed by atoms with van der Waals surface area (Å²) in [7, 11) is 0. The lowest BCUT2D eigenvalue weighted by Crippen LogP contribution is -2.24. The first-order chi connectivity index (χ1) is 9.67. The first-order valence-corrected chi connectivity index (χ1v) is 6.59. The molecule has 2 heterocycles. The van der Waals surface area contributed by atoms with Gasteiger partial charge < -0.3 is 4.90 Å². The molecule has 3 rings (SSSR count). The van der Waals surface area contributed by atoms with E-state index in [-0.39, 0.29) is 11.8 Å². The number of amides is 1. The molecule has 1 saturated heterocycles. The molecule has 1 amide bonds. The van der Waals surface area contributed by atoms with Crippen LogP contribution >= 0.6 is 0 Å². The number of benzene rings is 1. The van der Waals surface area contributed by atoms with Crippen molar-refractivity contribution in [2.24, 2.45) is 5.92 Å². The van der Waals surface area contributed by atoms with Crippen LogP contribution in [-0.2, 0) is 4.79 Å². The lowest BCUT2D eigenvalue weighted by Gasteiger charge is -2.16. The second kappa shape index (κ2) is 4.92. The number of hydrogen-bond acceptors (Lipinski definition) is 3. The Kier molecular flexibility index (Phi) is 3.10. The van der Waals surface area contributed by atoms with E-state index in [1.54, 1.807) is 4.90 Å². The number of aryl methyl sites for hydroxylation is 1. The van der Waals surface area contributed by atoms with E-state index >= 15 is 0 Å². The largest absolute Gasteiger partial charge is 0.312 e. The van der Waals surface area contributed by atoms with Crippen molar-refractivity contribution in [3.05, 3.63) is 42.7 Å². The van der Waals surface area contributed by atoms with Gasteiger partial charge in [-0.2, -0.15) is 5.10 Å². The number of H-pyrrole nitrogens is 1. The van der Waals surface area contributed by atoms with Gasteiger partial charge in [0.05, 0.1) is 0 Å². The summed E-state index contributed by atoms with van der Waals surface area (Å²) < 4.78 is 0. The molecule has 102 valence electrons. The molecule has 1 aromatic carbocycles. The summed E-state index contributed by atoms with van der Waals surface area (Å²) in [5.41, 5.74) is 1.85. The Morgan fingerprint density at radius 3 is 2.70 bits per heavy atom. The van der Waals surface area contributed by atoms with Crippen molar-refractivity contribution >= 4 is 11.6 Å². The highest BCUT2D eigenvalue weighted by Crippen LogP contribution is 2.27. The number of nitrogens with one attached hydrogen (secondary N) is 1. The summed E-state index contributed by atoms with van der Waals surface area (Å²) >= 11 is 0.